The van der Waals surface area contributed by atoms with Crippen molar-refractivity contribution >= 4 is 11.6 Å². The quantitative estimate of drug-likeness (QED) is 0.532. The lowest BCUT2D eigenvalue weighted by molar-refractivity contribution is -0.201. The Labute approximate surface area is 232 Å². The first kappa shape index (κ1) is 26.0. The third kappa shape index (κ3) is 3.29. The van der Waals surface area contributed by atoms with E-state index in [1.165, 1.54) is 0 Å². The normalized spacial score (nSPS) is 41.6. The minimum atomic E-state index is -1.36. The summed E-state index contributed by atoms with van der Waals surface area (Å²) in [7, 11) is 0. The van der Waals surface area contributed by atoms with Crippen LogP contribution in [0.2, 0.25) is 0 Å². The molecular formula is C31H35N3O6. The number of aryl methyl sites for hydroxylation is 1. The first-order valence-corrected chi connectivity index (χ1v) is 14.2. The summed E-state index contributed by atoms with van der Waals surface area (Å²) in [5, 5.41) is 32.9. The van der Waals surface area contributed by atoms with Gasteiger partial charge in [0.25, 0.3) is 0 Å². The number of aromatic amines is 1. The molecule has 0 amide bonds. The number of aliphatic hydroxyl groups excluding tert-OH is 2. The van der Waals surface area contributed by atoms with Gasteiger partial charge >= 0.3 is 0 Å². The molecule has 7 rings (SSSR count). The maximum atomic E-state index is 13.7. The summed E-state index contributed by atoms with van der Waals surface area (Å²) in [4.78, 5) is 25.8. The molecule has 0 bridgehead atoms. The number of H-pyrrole nitrogens is 1. The van der Waals surface area contributed by atoms with Crippen LogP contribution in [0.1, 0.15) is 57.1 Å². The van der Waals surface area contributed by atoms with Gasteiger partial charge in [0.2, 0.25) is 0 Å². The van der Waals surface area contributed by atoms with E-state index in [0.717, 1.165) is 40.9 Å². The molecule has 1 saturated heterocycles. The van der Waals surface area contributed by atoms with Crippen molar-refractivity contribution in [3.8, 4) is 11.3 Å². The molecule has 3 saturated carbocycles. The highest BCUT2D eigenvalue weighted by Gasteiger charge is 2.75. The summed E-state index contributed by atoms with van der Waals surface area (Å²) in [5.74, 6) is -0.279. The maximum Gasteiger partial charge on any atom is 0.193 e. The van der Waals surface area contributed by atoms with E-state index < -0.39 is 47.3 Å². The Kier molecular flexibility index (Phi) is 5.68. The molecule has 9 nitrogen and oxygen atoms in total. The van der Waals surface area contributed by atoms with Gasteiger partial charge in [-0.2, -0.15) is 15.4 Å². The minimum Gasteiger partial charge on any atom is -0.393 e. The SMILES string of the molecule is Cc1n[nH]nc1-c1ccc([C@@H]2O[C@@H]3C[C@H]4C5CCC6=CC(=O)C=C[C@]6(C)[C@H]5[C@@H](O)C[C@]4(C)[C@]3(C(=O)CO)O2)cc1. The van der Waals surface area contributed by atoms with Gasteiger partial charge in [-0.15, -0.1) is 0 Å². The fourth-order valence-corrected chi connectivity index (χ4v) is 9.19. The molecule has 4 aliphatic carbocycles. The second-order valence-corrected chi connectivity index (χ2v) is 12.7. The summed E-state index contributed by atoms with van der Waals surface area (Å²) < 4.78 is 13.2. The van der Waals surface area contributed by atoms with Crippen LogP contribution in [0, 0.1) is 35.5 Å². The number of allylic oxidation sites excluding steroid dienone is 4. The number of benzene rings is 1. The van der Waals surface area contributed by atoms with Gasteiger partial charge in [-0.25, -0.2) is 0 Å². The number of rotatable bonds is 4. The summed E-state index contributed by atoms with van der Waals surface area (Å²) in [6.45, 7) is 5.40. The number of nitrogens with one attached hydrogen (secondary N) is 1. The van der Waals surface area contributed by atoms with Crippen LogP contribution in [-0.4, -0.2) is 61.6 Å². The lowest BCUT2D eigenvalue weighted by Crippen LogP contribution is -2.63. The number of aromatic nitrogens is 3. The summed E-state index contributed by atoms with van der Waals surface area (Å²) in [6, 6.07) is 7.67. The van der Waals surface area contributed by atoms with Crippen molar-refractivity contribution in [1.29, 1.82) is 0 Å². The third-order valence-electron chi connectivity index (χ3n) is 11.0. The summed E-state index contributed by atoms with van der Waals surface area (Å²) >= 11 is 0. The molecule has 2 aromatic rings. The van der Waals surface area contributed by atoms with E-state index in [9.17, 15) is 19.8 Å². The van der Waals surface area contributed by atoms with E-state index >= 15 is 0 Å². The lowest BCUT2D eigenvalue weighted by Gasteiger charge is -2.59. The third-order valence-corrected chi connectivity index (χ3v) is 11.0. The van der Waals surface area contributed by atoms with E-state index in [-0.39, 0.29) is 23.5 Å². The van der Waals surface area contributed by atoms with Crippen molar-refractivity contribution in [3.63, 3.8) is 0 Å². The van der Waals surface area contributed by atoms with Gasteiger partial charge in [0.1, 0.15) is 12.3 Å². The van der Waals surface area contributed by atoms with Crippen molar-refractivity contribution in [2.24, 2.45) is 28.6 Å². The first-order chi connectivity index (χ1) is 19.1. The molecule has 3 N–H and O–H groups in total. The Morgan fingerprint density at radius 3 is 2.67 bits per heavy atom. The number of aliphatic hydroxyl groups is 2. The predicted molar refractivity (Wildman–Crippen MR) is 143 cm³/mol. The highest BCUT2D eigenvalue weighted by Crippen LogP contribution is 2.70. The highest BCUT2D eigenvalue weighted by atomic mass is 16.7. The van der Waals surface area contributed by atoms with E-state index in [1.807, 2.05) is 44.2 Å². The molecule has 40 heavy (non-hydrogen) atoms. The van der Waals surface area contributed by atoms with Crippen LogP contribution in [-0.2, 0) is 19.1 Å². The monoisotopic (exact) mass is 545 g/mol. The smallest absolute Gasteiger partial charge is 0.193 e. The van der Waals surface area contributed by atoms with Gasteiger partial charge < -0.3 is 19.7 Å². The lowest BCUT2D eigenvalue weighted by atomic mass is 9.46. The molecule has 0 spiro atoms. The number of fused-ring (bicyclic) bond motifs is 7. The van der Waals surface area contributed by atoms with Crippen LogP contribution < -0.4 is 0 Å². The van der Waals surface area contributed by atoms with Crippen molar-refractivity contribution < 1.29 is 29.3 Å². The number of hydrogen-bond acceptors (Lipinski definition) is 8. The van der Waals surface area contributed by atoms with Crippen LogP contribution >= 0.6 is 0 Å². The maximum absolute atomic E-state index is 13.7. The molecule has 4 fully saturated rings. The van der Waals surface area contributed by atoms with Gasteiger partial charge in [-0.05, 0) is 56.6 Å². The van der Waals surface area contributed by atoms with Crippen molar-refractivity contribution in [1.82, 2.24) is 15.4 Å². The largest absolute Gasteiger partial charge is 0.393 e. The van der Waals surface area contributed by atoms with Gasteiger partial charge in [0.15, 0.2) is 23.5 Å². The summed E-state index contributed by atoms with van der Waals surface area (Å²) in [6.07, 6.45) is 5.90. The number of carbonyl (C=O) groups is 2. The Morgan fingerprint density at radius 1 is 1.20 bits per heavy atom. The minimum absolute atomic E-state index is 0.000921. The Bertz CT molecular complexity index is 1450. The zero-order valence-electron chi connectivity index (χ0n) is 23.0. The number of hydrogen-bond donors (Lipinski definition) is 3. The molecule has 1 aromatic heterocycles. The topological polar surface area (TPSA) is 135 Å². The molecule has 0 radical (unpaired) electrons. The number of carbonyl (C=O) groups excluding carboxylic acids is 2. The van der Waals surface area contributed by atoms with Gasteiger partial charge in [-0.1, -0.05) is 49.8 Å². The molecule has 210 valence electrons. The molecule has 1 aliphatic heterocycles. The average Bonchev–Trinajstić information content (AvgIpc) is 3.60. The first-order valence-electron chi connectivity index (χ1n) is 14.2. The van der Waals surface area contributed by atoms with Crippen LogP contribution in [0.15, 0.2) is 48.1 Å². The average molecular weight is 546 g/mol. The summed E-state index contributed by atoms with van der Waals surface area (Å²) in [5.41, 5.74) is 1.83. The fraction of sp³-hybridized carbons (Fsp3) is 0.548. The van der Waals surface area contributed by atoms with Gasteiger partial charge in [-0.3, -0.25) is 9.59 Å². The molecule has 1 aromatic carbocycles. The van der Waals surface area contributed by atoms with Crippen molar-refractivity contribution in [2.45, 2.75) is 70.6 Å². The van der Waals surface area contributed by atoms with E-state index in [0.29, 0.717) is 12.8 Å². The fourth-order valence-electron chi connectivity index (χ4n) is 9.19. The number of Topliss-reactive ketones (excluding diaryl/α,β-unsaturated/α-hetero) is 1. The van der Waals surface area contributed by atoms with Crippen LogP contribution in [0.5, 0.6) is 0 Å². The van der Waals surface area contributed by atoms with Crippen LogP contribution in [0.4, 0.5) is 0 Å². The zero-order valence-corrected chi connectivity index (χ0v) is 23.0. The number of ether oxygens (including phenoxy) is 2. The molecule has 9 atom stereocenters. The van der Waals surface area contributed by atoms with Gasteiger partial charge in [0, 0.05) is 27.9 Å². The van der Waals surface area contributed by atoms with Crippen LogP contribution in [0.3, 0.4) is 0 Å². The Hall–Kier alpha value is -2.98. The molecule has 1 unspecified atom stereocenters. The van der Waals surface area contributed by atoms with Crippen molar-refractivity contribution in [2.75, 3.05) is 6.61 Å². The zero-order chi connectivity index (χ0) is 28.0. The van der Waals surface area contributed by atoms with E-state index in [1.54, 1.807) is 12.2 Å². The highest BCUT2D eigenvalue weighted by molar-refractivity contribution is 6.01. The molecule has 5 aliphatic rings. The molecular weight excluding hydrogens is 510 g/mol. The predicted octanol–water partition coefficient (Wildman–Crippen LogP) is 3.38. The van der Waals surface area contributed by atoms with Gasteiger partial charge in [0.05, 0.1) is 17.9 Å². The number of ketones is 2. The van der Waals surface area contributed by atoms with E-state index in [4.69, 9.17) is 9.47 Å². The number of nitrogens with zero attached hydrogens (tertiary/aromatic N) is 2. The Morgan fingerprint density at radius 2 is 1.98 bits per heavy atom. The second-order valence-electron chi connectivity index (χ2n) is 12.7. The standard InChI is InChI=1S/C31H35N3O6/c1-16-27(33-34-32-16)17-4-6-18(7-5-17)28-39-25-13-22-21-9-8-19-12-20(36)10-11-29(19,2)26(21)23(37)14-30(22,3)31(25,40-28)24(38)15-35/h4-7,10-12,21-23,25-26,28,35,37H,8-9,13-15H2,1-3H3,(H,32,33,34)/t21?,22-,23-,25+,26+,28+,29-,30-,31+/m0/s1. The molecule has 9 heteroatoms. The van der Waals surface area contributed by atoms with Crippen molar-refractivity contribution in [3.05, 3.63) is 59.3 Å². The second kappa shape index (κ2) is 8.76. The van der Waals surface area contributed by atoms with Crippen LogP contribution in [0.25, 0.3) is 11.3 Å². The molecule has 2 heterocycles. The Balaban J connectivity index is 1.22. The van der Waals surface area contributed by atoms with E-state index in [2.05, 4.69) is 22.3 Å².